The zero-order valence-electron chi connectivity index (χ0n) is 24.5. The third-order valence-electron chi connectivity index (χ3n) is 6.72. The van der Waals surface area contributed by atoms with Crippen LogP contribution in [0.1, 0.15) is 26.3 Å². The molecule has 1 N–H and O–H groups in total. The van der Waals surface area contributed by atoms with Crippen molar-refractivity contribution in [2.75, 3.05) is 41.6 Å². The summed E-state index contributed by atoms with van der Waals surface area (Å²) in [5, 5.41) is 3.85. The van der Waals surface area contributed by atoms with Gasteiger partial charge in [0.25, 0.3) is 5.56 Å². The fourth-order valence-electron chi connectivity index (χ4n) is 4.88. The van der Waals surface area contributed by atoms with Gasteiger partial charge in [0.2, 0.25) is 5.95 Å². The van der Waals surface area contributed by atoms with Gasteiger partial charge in [-0.05, 0) is 56.7 Å². The molecular weight excluding hydrogens is 556 g/mol. The number of nitrogens with one attached hydrogen (secondary N) is 1. The van der Waals surface area contributed by atoms with E-state index < -0.39 is 22.5 Å². The number of nitrogens with zero attached hydrogens (tertiary/aromatic N) is 5. The maximum absolute atomic E-state index is 13.7. The topological polar surface area (TPSA) is 119 Å². The van der Waals surface area contributed by atoms with Gasteiger partial charge in [-0.2, -0.15) is 4.98 Å². The number of ether oxygens (including phenoxy) is 2. The second-order valence-electron chi connectivity index (χ2n) is 11.0. The first-order valence-electron chi connectivity index (χ1n) is 13.4. The van der Waals surface area contributed by atoms with E-state index in [0.29, 0.717) is 52.1 Å². The van der Waals surface area contributed by atoms with Crippen LogP contribution in [0.5, 0.6) is 5.75 Å². The van der Waals surface area contributed by atoms with Gasteiger partial charge in [0.05, 0.1) is 12.8 Å². The summed E-state index contributed by atoms with van der Waals surface area (Å²) in [5.41, 5.74) is 2.92. The van der Waals surface area contributed by atoms with Gasteiger partial charge >= 0.3 is 6.09 Å². The highest BCUT2D eigenvalue weighted by Crippen LogP contribution is 2.43. The largest absolute Gasteiger partial charge is 0.494 e. The van der Waals surface area contributed by atoms with Gasteiger partial charge in [-0.1, -0.05) is 18.2 Å². The van der Waals surface area contributed by atoms with Crippen molar-refractivity contribution in [2.45, 2.75) is 32.1 Å². The molecule has 1 aliphatic rings. The average molecular weight is 591 g/mol. The Bertz CT molecular complexity index is 1730. The van der Waals surface area contributed by atoms with Crippen LogP contribution in [0.2, 0.25) is 0 Å². The van der Waals surface area contributed by atoms with Crippen LogP contribution in [0.3, 0.4) is 0 Å². The minimum atomic E-state index is -0.918. The van der Waals surface area contributed by atoms with Crippen LogP contribution < -0.4 is 25.4 Å². The Hall–Kier alpha value is -4.45. The number of fused-ring (bicyclic) bond motifs is 2. The molecule has 0 spiro atoms. The molecule has 0 aliphatic carbocycles. The number of benzene rings is 2. The average Bonchev–Trinajstić information content (AvgIpc) is 2.94. The molecule has 3 heterocycles. The summed E-state index contributed by atoms with van der Waals surface area (Å²) >= 11 is 0. The number of pyridine rings is 1. The zero-order chi connectivity index (χ0) is 30.2. The molecule has 0 bridgehead atoms. The highest BCUT2D eigenvalue weighted by molar-refractivity contribution is 7.83. The number of carbonyl (C=O) groups is 1. The summed E-state index contributed by atoms with van der Waals surface area (Å²) in [6.07, 6.45) is 2.86. The minimum absolute atomic E-state index is 0.247. The van der Waals surface area contributed by atoms with Crippen molar-refractivity contribution >= 4 is 56.6 Å². The van der Waals surface area contributed by atoms with Crippen LogP contribution >= 0.6 is 0 Å². The molecule has 12 heteroatoms. The van der Waals surface area contributed by atoms with E-state index >= 15 is 0 Å². The number of aryl methyl sites for hydroxylation is 1. The Morgan fingerprint density at radius 1 is 1.10 bits per heavy atom. The maximum atomic E-state index is 13.7. The molecular formula is C30H34N6O5S. The van der Waals surface area contributed by atoms with E-state index in [1.165, 1.54) is 4.57 Å². The third kappa shape index (κ3) is 5.94. The number of hydrogen-bond acceptors (Lipinski definition) is 9. The molecule has 0 fully saturated rings. The smallest absolute Gasteiger partial charge is 0.415 e. The monoisotopic (exact) mass is 590 g/mol. The molecule has 1 atom stereocenters. The number of para-hydroxylation sites is 1. The Morgan fingerprint density at radius 2 is 1.83 bits per heavy atom. The second kappa shape index (κ2) is 11.4. The van der Waals surface area contributed by atoms with Crippen LogP contribution in [-0.4, -0.2) is 56.9 Å². The van der Waals surface area contributed by atoms with Crippen LogP contribution in [0.15, 0.2) is 59.5 Å². The van der Waals surface area contributed by atoms with Crippen LogP contribution in [0.4, 0.5) is 33.5 Å². The SMILES string of the molecule is COc1cccc2c1N(C(=O)OC(C)(C)C)CCN2c1cc2cnc(Nc3ccc(CS(C)=O)cc3)nc2n(C)c1=O. The fraction of sp³-hybridized carbons (Fsp3) is 0.333. The predicted molar refractivity (Wildman–Crippen MR) is 166 cm³/mol. The number of anilines is 5. The van der Waals surface area contributed by atoms with Gasteiger partial charge in [-0.25, -0.2) is 9.78 Å². The zero-order valence-corrected chi connectivity index (χ0v) is 25.3. The Balaban J connectivity index is 1.49. The van der Waals surface area contributed by atoms with E-state index in [9.17, 15) is 13.8 Å². The number of hydrogen-bond donors (Lipinski definition) is 1. The van der Waals surface area contributed by atoms with Gasteiger partial charge in [0.1, 0.15) is 28.4 Å². The molecule has 220 valence electrons. The van der Waals surface area contributed by atoms with Crippen molar-refractivity contribution < 1.29 is 18.5 Å². The molecule has 5 rings (SSSR count). The summed E-state index contributed by atoms with van der Waals surface area (Å²) in [4.78, 5) is 39.4. The molecule has 1 unspecified atom stereocenters. The van der Waals surface area contributed by atoms with Crippen molar-refractivity contribution in [2.24, 2.45) is 7.05 Å². The second-order valence-corrected chi connectivity index (χ2v) is 12.5. The molecule has 0 saturated heterocycles. The van der Waals surface area contributed by atoms with Crippen LogP contribution in [-0.2, 0) is 28.3 Å². The molecule has 2 aromatic heterocycles. The third-order valence-corrected chi connectivity index (χ3v) is 7.46. The molecule has 11 nitrogen and oxygen atoms in total. The lowest BCUT2D eigenvalue weighted by Gasteiger charge is -2.38. The maximum Gasteiger partial charge on any atom is 0.415 e. The van der Waals surface area contributed by atoms with Gasteiger partial charge in [0, 0.05) is 60.2 Å². The van der Waals surface area contributed by atoms with E-state index in [-0.39, 0.29) is 12.1 Å². The lowest BCUT2D eigenvalue weighted by Crippen LogP contribution is -2.46. The highest BCUT2D eigenvalue weighted by atomic mass is 32.2. The number of aromatic nitrogens is 3. The van der Waals surface area contributed by atoms with E-state index in [0.717, 1.165) is 11.3 Å². The first-order valence-corrected chi connectivity index (χ1v) is 15.2. The molecule has 1 aliphatic heterocycles. The fourth-order valence-corrected chi connectivity index (χ4v) is 5.54. The first kappa shape index (κ1) is 29.1. The van der Waals surface area contributed by atoms with Gasteiger partial charge < -0.3 is 19.7 Å². The predicted octanol–water partition coefficient (Wildman–Crippen LogP) is 4.85. The number of methoxy groups -OCH3 is 1. The number of carbonyl (C=O) groups excluding carboxylic acids is 1. The van der Waals surface area contributed by atoms with Crippen molar-refractivity contribution in [1.82, 2.24) is 14.5 Å². The van der Waals surface area contributed by atoms with E-state index in [4.69, 9.17) is 9.47 Å². The van der Waals surface area contributed by atoms with Crippen molar-refractivity contribution in [3.05, 3.63) is 70.6 Å². The number of rotatable bonds is 6. The lowest BCUT2D eigenvalue weighted by atomic mass is 10.1. The molecule has 1 amide bonds. The number of amides is 1. The van der Waals surface area contributed by atoms with Crippen LogP contribution in [0.25, 0.3) is 11.0 Å². The van der Waals surface area contributed by atoms with E-state index in [2.05, 4.69) is 15.3 Å². The summed E-state index contributed by atoms with van der Waals surface area (Å²) in [7, 11) is 2.30. The van der Waals surface area contributed by atoms with Gasteiger partial charge in [0.15, 0.2) is 0 Å². The normalized spacial score (nSPS) is 14.0. The van der Waals surface area contributed by atoms with E-state index in [1.807, 2.05) is 62.1 Å². The molecule has 0 saturated carbocycles. The van der Waals surface area contributed by atoms with Crippen LogP contribution in [0, 0.1) is 0 Å². The summed E-state index contributed by atoms with van der Waals surface area (Å²) in [5.74, 6) is 1.33. The summed E-state index contributed by atoms with van der Waals surface area (Å²) in [6.45, 7) is 6.11. The minimum Gasteiger partial charge on any atom is -0.494 e. The van der Waals surface area contributed by atoms with Crippen molar-refractivity contribution in [1.29, 1.82) is 0 Å². The van der Waals surface area contributed by atoms with Crippen molar-refractivity contribution in [3.63, 3.8) is 0 Å². The first-order chi connectivity index (χ1) is 19.9. The highest BCUT2D eigenvalue weighted by Gasteiger charge is 2.34. The standard InChI is InChI=1S/C30H34N6O5S/c1-30(2,3)41-29(38)36-15-14-35(22-8-7-9-24(40-5)25(22)36)23-16-20-17-31-28(33-26(20)34(4)27(23)37)32-21-12-10-19(11-13-21)18-42(6)39/h7-13,16-17H,14-15,18H2,1-6H3,(H,31,32,33). The summed E-state index contributed by atoms with van der Waals surface area (Å²) < 4.78 is 24.3. The summed E-state index contributed by atoms with van der Waals surface area (Å²) in [6, 6.07) is 14.8. The van der Waals surface area contributed by atoms with Gasteiger partial charge in [-0.3, -0.25) is 18.5 Å². The quantitative estimate of drug-likeness (QED) is 0.336. The van der Waals surface area contributed by atoms with E-state index in [1.54, 1.807) is 43.6 Å². The van der Waals surface area contributed by atoms with Gasteiger partial charge in [-0.15, -0.1) is 0 Å². The molecule has 0 radical (unpaired) electrons. The lowest BCUT2D eigenvalue weighted by molar-refractivity contribution is 0.0579. The Kier molecular flexibility index (Phi) is 7.91. The molecule has 4 aromatic rings. The van der Waals surface area contributed by atoms with Crippen molar-refractivity contribution in [3.8, 4) is 5.75 Å². The molecule has 42 heavy (non-hydrogen) atoms. The molecule has 2 aromatic carbocycles. The Labute approximate surface area is 246 Å². The Morgan fingerprint density at radius 3 is 2.50 bits per heavy atom.